The lowest BCUT2D eigenvalue weighted by Crippen LogP contribution is -2.25. The van der Waals surface area contributed by atoms with Crippen molar-refractivity contribution in [2.24, 2.45) is 5.92 Å². The standard InChI is InChI=1S/C15H23NOS/c1-3-9-17-14-7-5-4-6-13(14)15(16-2)12-8-10-18-11-12/h4-7,12,15-16H,3,8-11H2,1-2H3. The van der Waals surface area contributed by atoms with Crippen molar-refractivity contribution >= 4 is 11.8 Å². The highest BCUT2D eigenvalue weighted by Gasteiger charge is 2.27. The van der Waals surface area contributed by atoms with Crippen LogP contribution < -0.4 is 10.1 Å². The molecule has 1 N–H and O–H groups in total. The Morgan fingerprint density at radius 1 is 1.44 bits per heavy atom. The van der Waals surface area contributed by atoms with Crippen LogP contribution in [0.15, 0.2) is 24.3 Å². The van der Waals surface area contributed by atoms with Gasteiger partial charge in [-0.2, -0.15) is 11.8 Å². The van der Waals surface area contributed by atoms with Crippen molar-refractivity contribution in [3.8, 4) is 5.75 Å². The summed E-state index contributed by atoms with van der Waals surface area (Å²) in [6.07, 6.45) is 2.36. The summed E-state index contributed by atoms with van der Waals surface area (Å²) in [7, 11) is 2.06. The number of nitrogens with one attached hydrogen (secondary N) is 1. The maximum absolute atomic E-state index is 5.88. The molecule has 1 aliphatic heterocycles. The van der Waals surface area contributed by atoms with Crippen LogP contribution in [0.1, 0.15) is 31.4 Å². The molecule has 1 aromatic rings. The average Bonchev–Trinajstić information content (AvgIpc) is 2.92. The van der Waals surface area contributed by atoms with E-state index in [9.17, 15) is 0 Å². The van der Waals surface area contributed by atoms with E-state index in [-0.39, 0.29) is 0 Å². The quantitative estimate of drug-likeness (QED) is 0.851. The predicted octanol–water partition coefficient (Wildman–Crippen LogP) is 3.49. The Bertz CT molecular complexity index is 363. The minimum atomic E-state index is 0.424. The smallest absolute Gasteiger partial charge is 0.124 e. The Balaban J connectivity index is 2.17. The van der Waals surface area contributed by atoms with Gasteiger partial charge >= 0.3 is 0 Å². The predicted molar refractivity (Wildman–Crippen MR) is 79.5 cm³/mol. The SMILES string of the molecule is CCCOc1ccccc1C(NC)C1CCSC1. The van der Waals surface area contributed by atoms with Gasteiger partial charge in [-0.3, -0.25) is 0 Å². The molecule has 1 saturated heterocycles. The van der Waals surface area contributed by atoms with Crippen LogP contribution in [0.5, 0.6) is 5.75 Å². The zero-order valence-corrected chi connectivity index (χ0v) is 12.1. The van der Waals surface area contributed by atoms with Crippen LogP contribution in [0, 0.1) is 5.92 Å². The van der Waals surface area contributed by atoms with E-state index in [2.05, 4.69) is 55.3 Å². The summed E-state index contributed by atoms with van der Waals surface area (Å²) in [5.74, 6) is 4.33. The van der Waals surface area contributed by atoms with Crippen LogP contribution in [-0.4, -0.2) is 25.2 Å². The van der Waals surface area contributed by atoms with Crippen LogP contribution in [0.3, 0.4) is 0 Å². The van der Waals surface area contributed by atoms with Crippen LogP contribution >= 0.6 is 11.8 Å². The highest BCUT2D eigenvalue weighted by molar-refractivity contribution is 7.99. The summed E-state index contributed by atoms with van der Waals surface area (Å²) in [4.78, 5) is 0. The van der Waals surface area contributed by atoms with Crippen LogP contribution in [0.2, 0.25) is 0 Å². The first-order chi connectivity index (χ1) is 8.86. The van der Waals surface area contributed by atoms with Crippen molar-refractivity contribution in [2.45, 2.75) is 25.8 Å². The molecule has 100 valence electrons. The van der Waals surface area contributed by atoms with Crippen molar-refractivity contribution in [1.82, 2.24) is 5.32 Å². The third kappa shape index (κ3) is 3.21. The number of thioether (sulfide) groups is 1. The first kappa shape index (κ1) is 13.8. The Hall–Kier alpha value is -0.670. The van der Waals surface area contributed by atoms with E-state index in [1.54, 1.807) is 0 Å². The minimum Gasteiger partial charge on any atom is -0.493 e. The van der Waals surface area contributed by atoms with Crippen molar-refractivity contribution in [3.63, 3.8) is 0 Å². The molecular weight excluding hydrogens is 242 g/mol. The Labute approximate surface area is 114 Å². The Morgan fingerprint density at radius 2 is 2.28 bits per heavy atom. The minimum absolute atomic E-state index is 0.424. The molecule has 1 aliphatic rings. The molecule has 2 unspecified atom stereocenters. The van der Waals surface area contributed by atoms with Gasteiger partial charge in [0.2, 0.25) is 0 Å². The topological polar surface area (TPSA) is 21.3 Å². The lowest BCUT2D eigenvalue weighted by molar-refractivity contribution is 0.304. The highest BCUT2D eigenvalue weighted by Crippen LogP contribution is 2.37. The first-order valence-electron chi connectivity index (χ1n) is 6.83. The van der Waals surface area contributed by atoms with E-state index in [4.69, 9.17) is 4.74 Å². The monoisotopic (exact) mass is 265 g/mol. The second-order valence-corrected chi connectivity index (χ2v) is 5.93. The van der Waals surface area contributed by atoms with Gasteiger partial charge in [0.05, 0.1) is 6.61 Å². The molecule has 1 heterocycles. The zero-order valence-electron chi connectivity index (χ0n) is 11.3. The van der Waals surface area contributed by atoms with Gasteiger partial charge in [0.15, 0.2) is 0 Å². The van der Waals surface area contributed by atoms with Gasteiger partial charge in [0.25, 0.3) is 0 Å². The lowest BCUT2D eigenvalue weighted by Gasteiger charge is -2.25. The van der Waals surface area contributed by atoms with Gasteiger partial charge in [-0.25, -0.2) is 0 Å². The van der Waals surface area contributed by atoms with Gasteiger partial charge in [-0.05, 0) is 43.4 Å². The first-order valence-corrected chi connectivity index (χ1v) is 7.99. The fourth-order valence-electron chi connectivity index (χ4n) is 2.54. The normalized spacial score (nSPS) is 20.9. The van der Waals surface area contributed by atoms with Gasteiger partial charge < -0.3 is 10.1 Å². The molecule has 0 saturated carbocycles. The van der Waals surface area contributed by atoms with Crippen LogP contribution in [-0.2, 0) is 0 Å². The van der Waals surface area contributed by atoms with E-state index in [0.29, 0.717) is 6.04 Å². The molecule has 2 nitrogen and oxygen atoms in total. The van der Waals surface area contributed by atoms with Crippen molar-refractivity contribution in [3.05, 3.63) is 29.8 Å². The van der Waals surface area contributed by atoms with E-state index in [1.807, 2.05) is 0 Å². The number of benzene rings is 1. The Kier molecular flexibility index (Phi) is 5.39. The molecule has 0 amide bonds. The van der Waals surface area contributed by atoms with Crippen LogP contribution in [0.25, 0.3) is 0 Å². The van der Waals surface area contributed by atoms with Crippen molar-refractivity contribution in [2.75, 3.05) is 25.2 Å². The summed E-state index contributed by atoms with van der Waals surface area (Å²) >= 11 is 2.06. The molecule has 0 bridgehead atoms. The molecule has 1 aromatic carbocycles. The zero-order chi connectivity index (χ0) is 12.8. The molecule has 18 heavy (non-hydrogen) atoms. The van der Waals surface area contributed by atoms with E-state index in [0.717, 1.165) is 24.7 Å². The molecule has 2 atom stereocenters. The lowest BCUT2D eigenvalue weighted by atomic mass is 9.92. The summed E-state index contributed by atoms with van der Waals surface area (Å²) < 4.78 is 5.88. The highest BCUT2D eigenvalue weighted by atomic mass is 32.2. The van der Waals surface area contributed by atoms with E-state index >= 15 is 0 Å². The molecule has 1 fully saturated rings. The van der Waals surface area contributed by atoms with E-state index < -0.39 is 0 Å². The summed E-state index contributed by atoms with van der Waals surface area (Å²) in [6, 6.07) is 8.89. The molecule has 0 spiro atoms. The molecule has 2 rings (SSSR count). The summed E-state index contributed by atoms with van der Waals surface area (Å²) in [5, 5.41) is 3.48. The van der Waals surface area contributed by atoms with E-state index in [1.165, 1.54) is 23.5 Å². The Morgan fingerprint density at radius 3 is 2.94 bits per heavy atom. The fourth-order valence-corrected chi connectivity index (χ4v) is 3.84. The molecule has 0 aliphatic carbocycles. The van der Waals surface area contributed by atoms with Gasteiger partial charge in [0, 0.05) is 11.6 Å². The molecular formula is C15H23NOS. The van der Waals surface area contributed by atoms with Gasteiger partial charge in [-0.1, -0.05) is 25.1 Å². The number of para-hydroxylation sites is 1. The van der Waals surface area contributed by atoms with Crippen LogP contribution in [0.4, 0.5) is 0 Å². The number of hydrogen-bond donors (Lipinski definition) is 1. The van der Waals surface area contributed by atoms with Crippen molar-refractivity contribution in [1.29, 1.82) is 0 Å². The second kappa shape index (κ2) is 7.05. The maximum atomic E-state index is 5.88. The second-order valence-electron chi connectivity index (χ2n) is 4.78. The molecule has 0 radical (unpaired) electrons. The molecule has 0 aromatic heterocycles. The average molecular weight is 265 g/mol. The largest absolute Gasteiger partial charge is 0.493 e. The number of hydrogen-bond acceptors (Lipinski definition) is 3. The third-order valence-electron chi connectivity index (χ3n) is 3.46. The maximum Gasteiger partial charge on any atom is 0.124 e. The number of ether oxygens (including phenoxy) is 1. The number of rotatable bonds is 6. The fraction of sp³-hybridized carbons (Fsp3) is 0.600. The van der Waals surface area contributed by atoms with Gasteiger partial charge in [0.1, 0.15) is 5.75 Å². The third-order valence-corrected chi connectivity index (χ3v) is 4.65. The summed E-state index contributed by atoms with van der Waals surface area (Å²) in [5.41, 5.74) is 1.32. The van der Waals surface area contributed by atoms with Crippen molar-refractivity contribution < 1.29 is 4.74 Å². The summed E-state index contributed by atoms with van der Waals surface area (Å²) in [6.45, 7) is 2.94. The molecule has 3 heteroatoms. The van der Waals surface area contributed by atoms with Gasteiger partial charge in [-0.15, -0.1) is 0 Å².